The fraction of sp³-hybridized carbons (Fsp3) is 0.278. The van der Waals surface area contributed by atoms with Crippen LogP contribution in [0.15, 0.2) is 48.5 Å². The Balaban J connectivity index is 1.73. The van der Waals surface area contributed by atoms with Gasteiger partial charge in [0, 0.05) is 32.7 Å². The molecule has 1 unspecified atom stereocenters. The van der Waals surface area contributed by atoms with Crippen molar-refractivity contribution in [3.05, 3.63) is 68.3 Å². The third-order valence-electron chi connectivity index (χ3n) is 3.99. The van der Waals surface area contributed by atoms with Gasteiger partial charge in [0.2, 0.25) is 0 Å². The number of thioether (sulfide) groups is 1. The zero-order valence-electron chi connectivity index (χ0n) is 12.5. The standard InChI is InChI=1S/C18H17ClINOS/c19-15-7-3-1-5-13(15)17-9-10-21(11-12-23-17)18(22)14-6-2-4-8-16(14)20/h1-8,17H,9-12H2. The number of nitrogens with zero attached hydrogens (tertiary/aromatic N) is 1. The third-order valence-corrected chi connectivity index (χ3v) is 6.58. The fourth-order valence-electron chi connectivity index (χ4n) is 2.76. The van der Waals surface area contributed by atoms with E-state index in [0.717, 1.165) is 39.4 Å². The summed E-state index contributed by atoms with van der Waals surface area (Å²) in [5.41, 5.74) is 1.98. The summed E-state index contributed by atoms with van der Waals surface area (Å²) in [5.74, 6) is 1.07. The topological polar surface area (TPSA) is 20.3 Å². The third kappa shape index (κ3) is 4.03. The van der Waals surface area contributed by atoms with Crippen LogP contribution >= 0.6 is 46.0 Å². The predicted molar refractivity (Wildman–Crippen MR) is 106 cm³/mol. The van der Waals surface area contributed by atoms with Crippen LogP contribution < -0.4 is 0 Å². The van der Waals surface area contributed by atoms with Gasteiger partial charge in [-0.05, 0) is 52.8 Å². The highest BCUT2D eigenvalue weighted by atomic mass is 127. The lowest BCUT2D eigenvalue weighted by molar-refractivity contribution is 0.0765. The van der Waals surface area contributed by atoms with Crippen LogP contribution in [0, 0.1) is 3.57 Å². The molecule has 2 aromatic carbocycles. The first-order valence-electron chi connectivity index (χ1n) is 7.56. The Bertz CT molecular complexity index is 709. The Morgan fingerprint density at radius 2 is 1.87 bits per heavy atom. The van der Waals surface area contributed by atoms with Crippen LogP contribution in [0.2, 0.25) is 5.02 Å². The number of carbonyl (C=O) groups excluding carboxylic acids is 1. The average molecular weight is 458 g/mol. The molecule has 1 aliphatic rings. The van der Waals surface area contributed by atoms with Crippen molar-refractivity contribution >= 4 is 51.9 Å². The highest BCUT2D eigenvalue weighted by Crippen LogP contribution is 2.38. The first kappa shape index (κ1) is 17.1. The lowest BCUT2D eigenvalue weighted by Crippen LogP contribution is -2.33. The number of halogens is 2. The molecule has 0 spiro atoms. The Morgan fingerprint density at radius 3 is 2.65 bits per heavy atom. The second-order valence-electron chi connectivity index (χ2n) is 5.44. The molecule has 0 aliphatic carbocycles. The smallest absolute Gasteiger partial charge is 0.254 e. The molecule has 1 amide bonds. The van der Waals surface area contributed by atoms with Crippen LogP contribution in [0.25, 0.3) is 0 Å². The normalized spacial score (nSPS) is 18.5. The average Bonchev–Trinajstić information content (AvgIpc) is 2.81. The van der Waals surface area contributed by atoms with E-state index in [1.807, 2.05) is 59.1 Å². The number of rotatable bonds is 2. The summed E-state index contributed by atoms with van der Waals surface area (Å²) in [7, 11) is 0. The zero-order valence-corrected chi connectivity index (χ0v) is 16.3. The summed E-state index contributed by atoms with van der Waals surface area (Å²) in [4.78, 5) is 14.7. The lowest BCUT2D eigenvalue weighted by atomic mass is 10.1. The van der Waals surface area contributed by atoms with Crippen molar-refractivity contribution in [3.8, 4) is 0 Å². The van der Waals surface area contributed by atoms with Gasteiger partial charge in [0.15, 0.2) is 0 Å². The van der Waals surface area contributed by atoms with Gasteiger partial charge in [0.1, 0.15) is 0 Å². The highest BCUT2D eigenvalue weighted by molar-refractivity contribution is 14.1. The molecule has 1 saturated heterocycles. The molecule has 120 valence electrons. The van der Waals surface area contributed by atoms with E-state index in [9.17, 15) is 4.79 Å². The number of amides is 1. The minimum Gasteiger partial charge on any atom is -0.338 e. The first-order chi connectivity index (χ1) is 11.2. The van der Waals surface area contributed by atoms with Crippen molar-refractivity contribution in [2.45, 2.75) is 11.7 Å². The first-order valence-corrected chi connectivity index (χ1v) is 10.1. The van der Waals surface area contributed by atoms with Crippen LogP contribution in [0.1, 0.15) is 27.6 Å². The van der Waals surface area contributed by atoms with E-state index in [1.165, 1.54) is 5.56 Å². The number of benzene rings is 2. The Hall–Kier alpha value is -0.720. The van der Waals surface area contributed by atoms with Gasteiger partial charge in [-0.15, -0.1) is 0 Å². The fourth-order valence-corrected chi connectivity index (χ4v) is 4.98. The predicted octanol–water partition coefficient (Wildman–Crippen LogP) is 5.27. The van der Waals surface area contributed by atoms with Crippen LogP contribution in [-0.2, 0) is 0 Å². The van der Waals surface area contributed by atoms with Crippen LogP contribution in [-0.4, -0.2) is 29.6 Å². The van der Waals surface area contributed by atoms with E-state index in [1.54, 1.807) is 0 Å². The SMILES string of the molecule is O=C(c1ccccc1I)N1CCSC(c2ccccc2Cl)CC1. The van der Waals surface area contributed by atoms with Crippen molar-refractivity contribution in [1.82, 2.24) is 4.90 Å². The van der Waals surface area contributed by atoms with Gasteiger partial charge in [0.25, 0.3) is 5.91 Å². The van der Waals surface area contributed by atoms with Gasteiger partial charge in [0.05, 0.1) is 5.56 Å². The van der Waals surface area contributed by atoms with Gasteiger partial charge in [-0.1, -0.05) is 41.9 Å². The summed E-state index contributed by atoms with van der Waals surface area (Å²) in [6, 6.07) is 15.8. The molecule has 1 atom stereocenters. The van der Waals surface area contributed by atoms with Crippen LogP contribution in [0.5, 0.6) is 0 Å². The maximum absolute atomic E-state index is 12.8. The number of hydrogen-bond donors (Lipinski definition) is 0. The number of hydrogen-bond acceptors (Lipinski definition) is 2. The van der Waals surface area contributed by atoms with E-state index in [-0.39, 0.29) is 5.91 Å². The molecule has 2 aromatic rings. The molecule has 0 aromatic heterocycles. The molecule has 23 heavy (non-hydrogen) atoms. The minimum atomic E-state index is 0.135. The lowest BCUT2D eigenvalue weighted by Gasteiger charge is -2.21. The summed E-state index contributed by atoms with van der Waals surface area (Å²) in [5, 5.41) is 1.18. The zero-order chi connectivity index (χ0) is 16.2. The molecule has 5 heteroatoms. The molecular weight excluding hydrogens is 441 g/mol. The van der Waals surface area contributed by atoms with E-state index in [4.69, 9.17) is 11.6 Å². The van der Waals surface area contributed by atoms with E-state index < -0.39 is 0 Å². The van der Waals surface area contributed by atoms with Crippen LogP contribution in [0.3, 0.4) is 0 Å². The van der Waals surface area contributed by atoms with E-state index in [0.29, 0.717) is 5.25 Å². The minimum absolute atomic E-state index is 0.135. The molecule has 3 rings (SSSR count). The molecule has 1 heterocycles. The van der Waals surface area contributed by atoms with Crippen molar-refractivity contribution in [1.29, 1.82) is 0 Å². The summed E-state index contributed by atoms with van der Waals surface area (Å²) in [6.45, 7) is 1.56. The van der Waals surface area contributed by atoms with Crippen molar-refractivity contribution < 1.29 is 4.79 Å². The monoisotopic (exact) mass is 457 g/mol. The second-order valence-corrected chi connectivity index (χ2v) is 8.32. The largest absolute Gasteiger partial charge is 0.338 e. The van der Waals surface area contributed by atoms with E-state index in [2.05, 4.69) is 28.7 Å². The molecule has 0 saturated carbocycles. The second kappa shape index (κ2) is 7.90. The molecule has 1 aliphatic heterocycles. The van der Waals surface area contributed by atoms with Gasteiger partial charge in [-0.3, -0.25) is 4.79 Å². The number of carbonyl (C=O) groups is 1. The molecule has 0 N–H and O–H groups in total. The van der Waals surface area contributed by atoms with Gasteiger partial charge >= 0.3 is 0 Å². The molecule has 1 fully saturated rings. The maximum Gasteiger partial charge on any atom is 0.254 e. The summed E-state index contributed by atoms with van der Waals surface area (Å²) >= 11 is 10.5. The van der Waals surface area contributed by atoms with Crippen molar-refractivity contribution in [3.63, 3.8) is 0 Å². The Labute approximate surface area is 159 Å². The molecular formula is C18H17ClINOS. The Morgan fingerprint density at radius 1 is 1.13 bits per heavy atom. The van der Waals surface area contributed by atoms with Gasteiger partial charge in [-0.2, -0.15) is 11.8 Å². The van der Waals surface area contributed by atoms with E-state index >= 15 is 0 Å². The van der Waals surface area contributed by atoms with Gasteiger partial charge < -0.3 is 4.90 Å². The van der Waals surface area contributed by atoms with Crippen LogP contribution in [0.4, 0.5) is 0 Å². The quantitative estimate of drug-likeness (QED) is 0.573. The Kier molecular flexibility index (Phi) is 5.88. The molecule has 0 radical (unpaired) electrons. The summed E-state index contributed by atoms with van der Waals surface area (Å²) < 4.78 is 1.01. The van der Waals surface area contributed by atoms with Gasteiger partial charge in [-0.25, -0.2) is 0 Å². The van der Waals surface area contributed by atoms with Crippen molar-refractivity contribution in [2.75, 3.05) is 18.8 Å². The highest BCUT2D eigenvalue weighted by Gasteiger charge is 2.24. The molecule has 0 bridgehead atoms. The maximum atomic E-state index is 12.8. The molecule has 2 nitrogen and oxygen atoms in total. The van der Waals surface area contributed by atoms with Crippen molar-refractivity contribution in [2.24, 2.45) is 0 Å². The summed E-state index contributed by atoms with van der Waals surface area (Å²) in [6.07, 6.45) is 0.934.